The number of fused-ring (bicyclic) bond motifs is 1. The molecule has 0 bridgehead atoms. The molecular weight excluding hydrogens is 265 g/mol. The van der Waals surface area contributed by atoms with Gasteiger partial charge in [0.05, 0.1) is 0 Å². The topological polar surface area (TPSA) is 0 Å². The van der Waals surface area contributed by atoms with E-state index in [1.807, 2.05) is 0 Å². The summed E-state index contributed by atoms with van der Waals surface area (Å²) in [5.41, 5.74) is 4.50. The zero-order valence-electron chi connectivity index (χ0n) is 10.4. The second kappa shape index (κ2) is 4.34. The van der Waals surface area contributed by atoms with Crippen molar-refractivity contribution in [1.29, 1.82) is 0 Å². The number of hydrogen-bond acceptors (Lipinski definition) is 0. The van der Waals surface area contributed by atoms with E-state index in [0.29, 0.717) is 5.92 Å². The second-order valence-corrected chi connectivity index (χ2v) is 10.5. The summed E-state index contributed by atoms with van der Waals surface area (Å²) in [5.74, 6) is 5.46. The molecule has 0 aliphatic heterocycles. The summed E-state index contributed by atoms with van der Waals surface area (Å²) < 4.78 is 1.77. The van der Waals surface area contributed by atoms with Crippen LogP contribution in [0.25, 0.3) is 6.08 Å². The molecule has 0 amide bonds. The van der Waals surface area contributed by atoms with Gasteiger partial charge in [-0.05, 0) is 0 Å². The standard InChI is InChI=1S/C16H17Ge/c1-17(2)16-9-5-8-15(16)14-11-10-12-6-3-4-7-13(12)14/h3-8,10-11,14H,9H2,1-2H3. The molecule has 85 valence electrons. The van der Waals surface area contributed by atoms with E-state index >= 15 is 0 Å². The van der Waals surface area contributed by atoms with E-state index < -0.39 is 14.3 Å². The van der Waals surface area contributed by atoms with Crippen molar-refractivity contribution in [3.63, 3.8) is 0 Å². The van der Waals surface area contributed by atoms with Crippen LogP contribution >= 0.6 is 0 Å². The summed E-state index contributed by atoms with van der Waals surface area (Å²) in [5, 5.41) is 0. The van der Waals surface area contributed by atoms with Crippen LogP contribution in [0.1, 0.15) is 23.5 Å². The van der Waals surface area contributed by atoms with E-state index in [0.717, 1.165) is 0 Å². The Labute approximate surface area is 108 Å². The second-order valence-electron chi connectivity index (χ2n) is 5.01. The van der Waals surface area contributed by atoms with Crippen molar-refractivity contribution in [3.05, 3.63) is 63.6 Å². The predicted molar refractivity (Wildman–Crippen MR) is 76.5 cm³/mol. The van der Waals surface area contributed by atoms with Gasteiger partial charge in [-0.2, -0.15) is 0 Å². The van der Waals surface area contributed by atoms with Crippen LogP contribution in [-0.2, 0) is 0 Å². The summed E-state index contributed by atoms with van der Waals surface area (Å²) in [7, 11) is 0. The van der Waals surface area contributed by atoms with Crippen LogP contribution < -0.4 is 0 Å². The molecule has 1 radical (unpaired) electrons. The number of allylic oxidation sites excluding steroid dienone is 5. The first-order valence-corrected chi connectivity index (χ1v) is 11.5. The minimum absolute atomic E-state index is 0.530. The van der Waals surface area contributed by atoms with E-state index in [4.69, 9.17) is 0 Å². The Morgan fingerprint density at radius 3 is 2.76 bits per heavy atom. The molecule has 0 heterocycles. The Morgan fingerprint density at radius 1 is 1.12 bits per heavy atom. The third-order valence-corrected chi connectivity index (χ3v) is 7.27. The molecular formula is C16H17Ge. The summed E-state index contributed by atoms with van der Waals surface area (Å²) >= 11 is -0.932. The van der Waals surface area contributed by atoms with Gasteiger partial charge in [-0.25, -0.2) is 0 Å². The van der Waals surface area contributed by atoms with E-state index in [2.05, 4.69) is 60.1 Å². The molecule has 0 saturated carbocycles. The van der Waals surface area contributed by atoms with Gasteiger partial charge in [-0.3, -0.25) is 0 Å². The molecule has 2 aliphatic carbocycles. The van der Waals surface area contributed by atoms with Crippen molar-refractivity contribution >= 4 is 20.4 Å². The summed E-state index contributed by atoms with van der Waals surface area (Å²) in [4.78, 5) is 0. The minimum atomic E-state index is -0.932. The zero-order valence-corrected chi connectivity index (χ0v) is 12.5. The van der Waals surface area contributed by atoms with Gasteiger partial charge in [0, 0.05) is 0 Å². The van der Waals surface area contributed by atoms with Gasteiger partial charge >= 0.3 is 108 Å². The van der Waals surface area contributed by atoms with Crippen molar-refractivity contribution in [2.45, 2.75) is 23.9 Å². The maximum atomic E-state index is 2.47. The molecule has 0 aromatic heterocycles. The van der Waals surface area contributed by atoms with Gasteiger partial charge in [0.2, 0.25) is 0 Å². The van der Waals surface area contributed by atoms with Crippen LogP contribution in [0.3, 0.4) is 0 Å². The molecule has 0 nitrogen and oxygen atoms in total. The van der Waals surface area contributed by atoms with Crippen molar-refractivity contribution in [2.75, 3.05) is 0 Å². The maximum absolute atomic E-state index is 2.47. The summed E-state index contributed by atoms with van der Waals surface area (Å²) in [6.07, 6.45) is 10.6. The van der Waals surface area contributed by atoms with Gasteiger partial charge < -0.3 is 0 Å². The molecule has 1 heteroatoms. The Morgan fingerprint density at radius 2 is 1.94 bits per heavy atom. The van der Waals surface area contributed by atoms with Gasteiger partial charge in [-0.1, -0.05) is 0 Å². The quantitative estimate of drug-likeness (QED) is 0.707. The molecule has 0 saturated heterocycles. The molecule has 2 aliphatic rings. The van der Waals surface area contributed by atoms with E-state index in [-0.39, 0.29) is 0 Å². The zero-order chi connectivity index (χ0) is 11.8. The third kappa shape index (κ3) is 1.85. The molecule has 0 fully saturated rings. The predicted octanol–water partition coefficient (Wildman–Crippen LogP) is 4.35. The van der Waals surface area contributed by atoms with Crippen LogP contribution in [-0.4, -0.2) is 14.3 Å². The number of benzene rings is 1. The normalized spacial score (nSPS) is 21.7. The fourth-order valence-electron chi connectivity index (χ4n) is 2.83. The van der Waals surface area contributed by atoms with Crippen LogP contribution in [0.2, 0.25) is 11.5 Å². The molecule has 0 N–H and O–H groups in total. The van der Waals surface area contributed by atoms with Crippen molar-refractivity contribution in [1.82, 2.24) is 0 Å². The first-order chi connectivity index (χ1) is 8.27. The number of rotatable bonds is 2. The van der Waals surface area contributed by atoms with Crippen molar-refractivity contribution in [2.24, 2.45) is 0 Å². The van der Waals surface area contributed by atoms with Crippen LogP contribution in [0.15, 0.2) is 52.5 Å². The first kappa shape index (κ1) is 11.1. The van der Waals surface area contributed by atoms with Gasteiger partial charge in [0.25, 0.3) is 0 Å². The van der Waals surface area contributed by atoms with E-state index in [1.165, 1.54) is 17.5 Å². The average Bonchev–Trinajstić information content (AvgIpc) is 2.94. The Kier molecular flexibility index (Phi) is 2.83. The Balaban J connectivity index is 2.05. The molecule has 17 heavy (non-hydrogen) atoms. The fraction of sp³-hybridized carbons (Fsp3) is 0.250. The van der Waals surface area contributed by atoms with Gasteiger partial charge in [0.15, 0.2) is 0 Å². The Bertz CT molecular complexity index is 532. The van der Waals surface area contributed by atoms with Crippen LogP contribution in [0.4, 0.5) is 0 Å². The monoisotopic (exact) mass is 283 g/mol. The number of hydrogen-bond donors (Lipinski definition) is 0. The summed E-state index contributed by atoms with van der Waals surface area (Å²) in [6.45, 7) is 0. The molecule has 1 unspecified atom stereocenters. The van der Waals surface area contributed by atoms with Crippen LogP contribution in [0.5, 0.6) is 0 Å². The first-order valence-electron chi connectivity index (χ1n) is 6.24. The molecule has 1 aromatic rings. The van der Waals surface area contributed by atoms with Crippen molar-refractivity contribution in [3.8, 4) is 0 Å². The Hall–Kier alpha value is -1.02. The molecule has 0 spiro atoms. The van der Waals surface area contributed by atoms with E-state index in [9.17, 15) is 0 Å². The van der Waals surface area contributed by atoms with Gasteiger partial charge in [-0.15, -0.1) is 0 Å². The van der Waals surface area contributed by atoms with Crippen LogP contribution in [0, 0.1) is 0 Å². The molecule has 1 aromatic carbocycles. The fourth-order valence-corrected chi connectivity index (χ4v) is 5.64. The third-order valence-electron chi connectivity index (χ3n) is 3.71. The van der Waals surface area contributed by atoms with Crippen molar-refractivity contribution < 1.29 is 0 Å². The average molecular weight is 282 g/mol. The van der Waals surface area contributed by atoms with Gasteiger partial charge in [0.1, 0.15) is 0 Å². The SMILES string of the molecule is [CH3][Ge]([CH3])[C]1=C(C2C=Cc3ccccc32)C=CC1. The van der Waals surface area contributed by atoms with E-state index in [1.54, 1.807) is 9.98 Å². The molecule has 3 rings (SSSR count). The summed E-state index contributed by atoms with van der Waals surface area (Å²) in [6, 6.07) is 8.79. The molecule has 1 atom stereocenters.